The van der Waals surface area contributed by atoms with Crippen LogP contribution in [0.1, 0.15) is 32.4 Å². The molecular formula is C10H18N2. The van der Waals surface area contributed by atoms with Gasteiger partial charge in [-0.1, -0.05) is 6.92 Å². The average Bonchev–Trinajstić information content (AvgIpc) is 2.52. The Labute approximate surface area is 74.6 Å². The topological polar surface area (TPSA) is 17.0 Å². The van der Waals surface area contributed by atoms with Crippen molar-refractivity contribution in [1.82, 2.24) is 9.88 Å². The summed E-state index contributed by atoms with van der Waals surface area (Å²) in [5, 5.41) is 3.39. The molecule has 2 nitrogen and oxygen atoms in total. The van der Waals surface area contributed by atoms with E-state index in [-0.39, 0.29) is 0 Å². The Balaban J connectivity index is 2.61. The minimum atomic E-state index is 0.475. The van der Waals surface area contributed by atoms with Gasteiger partial charge in [0.2, 0.25) is 0 Å². The Morgan fingerprint density at radius 1 is 1.50 bits per heavy atom. The Morgan fingerprint density at radius 2 is 2.25 bits per heavy atom. The van der Waals surface area contributed by atoms with Gasteiger partial charge in [-0.25, -0.2) is 0 Å². The molecule has 0 unspecified atom stereocenters. The van der Waals surface area contributed by atoms with Gasteiger partial charge in [0, 0.05) is 25.0 Å². The highest BCUT2D eigenvalue weighted by molar-refractivity contribution is 5.14. The smallest absolute Gasteiger partial charge is 0.0306 e. The summed E-state index contributed by atoms with van der Waals surface area (Å²) < 4.78 is 2.20. The molecule has 1 aromatic heterocycles. The molecule has 2 heteroatoms. The number of rotatable bonds is 4. The second-order valence-corrected chi connectivity index (χ2v) is 3.05. The molecule has 0 aromatic carbocycles. The standard InChI is InChI=1S/C10H18N2/c1-4-11-9(3)10-6-7-12(5-2)8-10/h6-9,11H,4-5H2,1-3H3/t9-/m1/s1. The van der Waals surface area contributed by atoms with Crippen LogP contribution in [-0.2, 0) is 6.54 Å². The molecule has 0 aliphatic heterocycles. The number of hydrogen-bond acceptors (Lipinski definition) is 1. The number of aryl methyl sites for hydroxylation is 1. The molecular weight excluding hydrogens is 148 g/mol. The van der Waals surface area contributed by atoms with E-state index < -0.39 is 0 Å². The molecule has 1 heterocycles. The number of nitrogens with zero attached hydrogens (tertiary/aromatic N) is 1. The predicted octanol–water partition coefficient (Wildman–Crippen LogP) is 2.18. The maximum absolute atomic E-state index is 3.39. The van der Waals surface area contributed by atoms with E-state index in [1.54, 1.807) is 0 Å². The molecule has 68 valence electrons. The van der Waals surface area contributed by atoms with Crippen LogP contribution in [0.2, 0.25) is 0 Å². The fourth-order valence-electron chi connectivity index (χ4n) is 1.34. The van der Waals surface area contributed by atoms with Gasteiger partial charge >= 0.3 is 0 Å². The predicted molar refractivity (Wildman–Crippen MR) is 52.2 cm³/mol. The molecule has 1 atom stereocenters. The zero-order valence-corrected chi connectivity index (χ0v) is 8.17. The molecule has 0 saturated carbocycles. The number of aromatic nitrogens is 1. The normalized spacial score (nSPS) is 13.2. The summed E-state index contributed by atoms with van der Waals surface area (Å²) in [6.07, 6.45) is 4.33. The summed E-state index contributed by atoms with van der Waals surface area (Å²) in [7, 11) is 0. The zero-order chi connectivity index (χ0) is 8.97. The van der Waals surface area contributed by atoms with Crippen molar-refractivity contribution in [2.45, 2.75) is 33.4 Å². The Bertz CT molecular complexity index is 227. The fourth-order valence-corrected chi connectivity index (χ4v) is 1.34. The third kappa shape index (κ3) is 2.11. The first-order valence-corrected chi connectivity index (χ1v) is 4.67. The van der Waals surface area contributed by atoms with Crippen molar-refractivity contribution in [2.24, 2.45) is 0 Å². The van der Waals surface area contributed by atoms with Gasteiger partial charge in [0.25, 0.3) is 0 Å². The minimum Gasteiger partial charge on any atom is -0.354 e. The number of hydrogen-bond donors (Lipinski definition) is 1. The van der Waals surface area contributed by atoms with Crippen LogP contribution in [0.3, 0.4) is 0 Å². The second-order valence-electron chi connectivity index (χ2n) is 3.05. The van der Waals surface area contributed by atoms with E-state index in [0.717, 1.165) is 13.1 Å². The van der Waals surface area contributed by atoms with Crippen molar-refractivity contribution in [3.8, 4) is 0 Å². The van der Waals surface area contributed by atoms with Crippen molar-refractivity contribution in [2.75, 3.05) is 6.54 Å². The monoisotopic (exact) mass is 166 g/mol. The number of nitrogens with one attached hydrogen (secondary N) is 1. The second kappa shape index (κ2) is 4.31. The fraction of sp³-hybridized carbons (Fsp3) is 0.600. The molecule has 0 bridgehead atoms. The van der Waals surface area contributed by atoms with Gasteiger partial charge in [-0.2, -0.15) is 0 Å². The lowest BCUT2D eigenvalue weighted by atomic mass is 10.2. The van der Waals surface area contributed by atoms with Gasteiger partial charge in [-0.05, 0) is 32.0 Å². The van der Waals surface area contributed by atoms with E-state index in [1.165, 1.54) is 5.56 Å². The third-order valence-corrected chi connectivity index (χ3v) is 2.15. The Kier molecular flexibility index (Phi) is 3.35. The molecule has 1 aromatic rings. The highest BCUT2D eigenvalue weighted by Gasteiger charge is 2.03. The average molecular weight is 166 g/mol. The quantitative estimate of drug-likeness (QED) is 0.725. The van der Waals surface area contributed by atoms with Gasteiger partial charge in [-0.15, -0.1) is 0 Å². The highest BCUT2D eigenvalue weighted by atomic mass is 14.9. The molecule has 1 rings (SSSR count). The van der Waals surface area contributed by atoms with Crippen LogP contribution in [0.4, 0.5) is 0 Å². The van der Waals surface area contributed by atoms with Crippen molar-refractivity contribution < 1.29 is 0 Å². The van der Waals surface area contributed by atoms with Crippen molar-refractivity contribution >= 4 is 0 Å². The van der Waals surface area contributed by atoms with Crippen LogP contribution in [0.15, 0.2) is 18.5 Å². The first-order chi connectivity index (χ1) is 5.77. The van der Waals surface area contributed by atoms with Crippen molar-refractivity contribution in [3.63, 3.8) is 0 Å². The lowest BCUT2D eigenvalue weighted by Gasteiger charge is -2.09. The van der Waals surface area contributed by atoms with Crippen LogP contribution >= 0.6 is 0 Å². The Morgan fingerprint density at radius 3 is 2.75 bits per heavy atom. The summed E-state index contributed by atoms with van der Waals surface area (Å²) in [4.78, 5) is 0. The van der Waals surface area contributed by atoms with Gasteiger partial charge in [0.1, 0.15) is 0 Å². The van der Waals surface area contributed by atoms with E-state index in [4.69, 9.17) is 0 Å². The summed E-state index contributed by atoms with van der Waals surface area (Å²) in [6, 6.07) is 2.65. The molecule has 0 radical (unpaired) electrons. The van der Waals surface area contributed by atoms with E-state index >= 15 is 0 Å². The van der Waals surface area contributed by atoms with Gasteiger partial charge in [-0.3, -0.25) is 0 Å². The molecule has 0 aliphatic rings. The van der Waals surface area contributed by atoms with E-state index in [2.05, 4.69) is 49.1 Å². The Hall–Kier alpha value is -0.760. The van der Waals surface area contributed by atoms with Crippen LogP contribution in [-0.4, -0.2) is 11.1 Å². The SMILES string of the molecule is CCN[C@H](C)c1ccn(CC)c1. The van der Waals surface area contributed by atoms with Gasteiger partial charge < -0.3 is 9.88 Å². The largest absolute Gasteiger partial charge is 0.354 e. The lowest BCUT2D eigenvalue weighted by molar-refractivity contribution is 0.596. The molecule has 12 heavy (non-hydrogen) atoms. The minimum absolute atomic E-state index is 0.475. The summed E-state index contributed by atoms with van der Waals surface area (Å²) in [6.45, 7) is 8.56. The molecule has 0 fully saturated rings. The van der Waals surface area contributed by atoms with Gasteiger partial charge in [0.05, 0.1) is 0 Å². The van der Waals surface area contributed by atoms with Crippen molar-refractivity contribution in [1.29, 1.82) is 0 Å². The van der Waals surface area contributed by atoms with Crippen LogP contribution in [0.25, 0.3) is 0 Å². The van der Waals surface area contributed by atoms with Crippen molar-refractivity contribution in [3.05, 3.63) is 24.0 Å². The molecule has 0 amide bonds. The molecule has 0 saturated heterocycles. The van der Waals surface area contributed by atoms with Crippen LogP contribution in [0.5, 0.6) is 0 Å². The lowest BCUT2D eigenvalue weighted by Crippen LogP contribution is -2.17. The van der Waals surface area contributed by atoms with E-state index in [9.17, 15) is 0 Å². The maximum Gasteiger partial charge on any atom is 0.0306 e. The third-order valence-electron chi connectivity index (χ3n) is 2.15. The molecule has 0 aliphatic carbocycles. The first-order valence-electron chi connectivity index (χ1n) is 4.67. The van der Waals surface area contributed by atoms with E-state index in [0.29, 0.717) is 6.04 Å². The zero-order valence-electron chi connectivity index (χ0n) is 8.17. The molecule has 0 spiro atoms. The van der Waals surface area contributed by atoms with Crippen LogP contribution in [0, 0.1) is 0 Å². The van der Waals surface area contributed by atoms with Gasteiger partial charge in [0.15, 0.2) is 0 Å². The molecule has 1 N–H and O–H groups in total. The van der Waals surface area contributed by atoms with Crippen LogP contribution < -0.4 is 5.32 Å². The summed E-state index contributed by atoms with van der Waals surface area (Å²) in [5.41, 5.74) is 1.37. The summed E-state index contributed by atoms with van der Waals surface area (Å²) >= 11 is 0. The summed E-state index contributed by atoms with van der Waals surface area (Å²) in [5.74, 6) is 0. The maximum atomic E-state index is 3.39. The van der Waals surface area contributed by atoms with E-state index in [1.807, 2.05) is 0 Å². The highest BCUT2D eigenvalue weighted by Crippen LogP contribution is 2.11. The first kappa shape index (κ1) is 9.33.